The SMILES string of the molecule is CCC(C)N(C)C(=O)Cc1csc(-c2cccnc2)n1. The van der Waals surface area contributed by atoms with Crippen LogP contribution >= 0.6 is 11.3 Å². The number of hydrogen-bond acceptors (Lipinski definition) is 4. The molecule has 0 saturated carbocycles. The van der Waals surface area contributed by atoms with Gasteiger partial charge in [-0.1, -0.05) is 6.92 Å². The highest BCUT2D eigenvalue weighted by Crippen LogP contribution is 2.23. The molecule has 2 aromatic rings. The van der Waals surface area contributed by atoms with Crippen LogP contribution in [-0.2, 0) is 11.2 Å². The smallest absolute Gasteiger partial charge is 0.228 e. The molecule has 106 valence electrons. The summed E-state index contributed by atoms with van der Waals surface area (Å²) in [6.45, 7) is 4.14. The summed E-state index contributed by atoms with van der Waals surface area (Å²) in [4.78, 5) is 22.5. The van der Waals surface area contributed by atoms with Crippen molar-refractivity contribution in [2.75, 3.05) is 7.05 Å². The lowest BCUT2D eigenvalue weighted by Crippen LogP contribution is -2.35. The van der Waals surface area contributed by atoms with Crippen LogP contribution in [0, 0.1) is 0 Å². The van der Waals surface area contributed by atoms with Crippen molar-refractivity contribution < 1.29 is 4.79 Å². The number of aromatic nitrogens is 2. The molecular weight excluding hydrogens is 270 g/mol. The number of carbonyl (C=O) groups is 1. The standard InChI is InChI=1S/C15H19N3OS/c1-4-11(2)18(3)14(19)8-13-10-20-15(17-13)12-6-5-7-16-9-12/h5-7,9-11H,4,8H2,1-3H3. The van der Waals surface area contributed by atoms with E-state index in [9.17, 15) is 4.79 Å². The van der Waals surface area contributed by atoms with Crippen LogP contribution in [-0.4, -0.2) is 33.9 Å². The third-order valence-corrected chi connectivity index (χ3v) is 4.38. The predicted octanol–water partition coefficient (Wildman–Crippen LogP) is 3.00. The summed E-state index contributed by atoms with van der Waals surface area (Å²) in [5.74, 6) is 0.113. The lowest BCUT2D eigenvalue weighted by Gasteiger charge is -2.23. The summed E-state index contributed by atoms with van der Waals surface area (Å²) in [5, 5.41) is 2.86. The van der Waals surface area contributed by atoms with Crippen LogP contribution in [0.3, 0.4) is 0 Å². The molecule has 20 heavy (non-hydrogen) atoms. The van der Waals surface area contributed by atoms with E-state index in [1.165, 1.54) is 0 Å². The molecule has 1 unspecified atom stereocenters. The Labute approximate surface area is 123 Å². The van der Waals surface area contributed by atoms with Crippen LogP contribution in [0.1, 0.15) is 26.0 Å². The molecule has 5 heteroatoms. The molecule has 4 nitrogen and oxygen atoms in total. The highest BCUT2D eigenvalue weighted by molar-refractivity contribution is 7.13. The van der Waals surface area contributed by atoms with Crippen molar-refractivity contribution in [3.63, 3.8) is 0 Å². The van der Waals surface area contributed by atoms with Gasteiger partial charge in [-0.3, -0.25) is 9.78 Å². The first-order valence-electron chi connectivity index (χ1n) is 6.72. The van der Waals surface area contributed by atoms with E-state index >= 15 is 0 Å². The molecule has 0 radical (unpaired) electrons. The van der Waals surface area contributed by atoms with E-state index in [1.807, 2.05) is 24.6 Å². The highest BCUT2D eigenvalue weighted by Gasteiger charge is 2.16. The summed E-state index contributed by atoms with van der Waals surface area (Å²) in [5.41, 5.74) is 1.82. The monoisotopic (exact) mass is 289 g/mol. The van der Waals surface area contributed by atoms with Gasteiger partial charge >= 0.3 is 0 Å². The van der Waals surface area contributed by atoms with Gasteiger partial charge in [-0.15, -0.1) is 11.3 Å². The molecule has 2 aromatic heterocycles. The molecule has 1 atom stereocenters. The quantitative estimate of drug-likeness (QED) is 0.850. The number of hydrogen-bond donors (Lipinski definition) is 0. The second-order valence-corrected chi connectivity index (χ2v) is 5.68. The zero-order valence-corrected chi connectivity index (χ0v) is 12.9. The molecule has 0 aliphatic heterocycles. The topological polar surface area (TPSA) is 46.1 Å². The van der Waals surface area contributed by atoms with Gasteiger partial charge in [-0.05, 0) is 25.5 Å². The number of carbonyl (C=O) groups excluding carboxylic acids is 1. The van der Waals surface area contributed by atoms with E-state index in [0.717, 1.165) is 22.7 Å². The lowest BCUT2D eigenvalue weighted by molar-refractivity contribution is -0.131. The maximum absolute atomic E-state index is 12.1. The first-order valence-corrected chi connectivity index (χ1v) is 7.60. The van der Waals surface area contributed by atoms with Crippen molar-refractivity contribution in [3.05, 3.63) is 35.6 Å². The molecule has 2 rings (SSSR count). The van der Waals surface area contributed by atoms with Crippen molar-refractivity contribution in [1.29, 1.82) is 0 Å². The average Bonchev–Trinajstić information content (AvgIpc) is 2.95. The van der Waals surface area contributed by atoms with Crippen LogP contribution in [0.5, 0.6) is 0 Å². The fraction of sp³-hybridized carbons (Fsp3) is 0.400. The van der Waals surface area contributed by atoms with Gasteiger partial charge in [0.1, 0.15) is 5.01 Å². The first kappa shape index (κ1) is 14.7. The molecule has 0 N–H and O–H groups in total. The van der Waals surface area contributed by atoms with Gasteiger partial charge in [0, 0.05) is 36.4 Å². The van der Waals surface area contributed by atoms with Gasteiger partial charge in [0.2, 0.25) is 5.91 Å². The normalized spacial score (nSPS) is 12.2. The van der Waals surface area contributed by atoms with Crippen LogP contribution in [0.25, 0.3) is 10.6 Å². The number of rotatable bonds is 5. The van der Waals surface area contributed by atoms with Crippen molar-refractivity contribution in [2.24, 2.45) is 0 Å². The van der Waals surface area contributed by atoms with E-state index < -0.39 is 0 Å². The number of likely N-dealkylation sites (N-methyl/N-ethyl adjacent to an activating group) is 1. The summed E-state index contributed by atoms with van der Waals surface area (Å²) in [7, 11) is 1.85. The highest BCUT2D eigenvalue weighted by atomic mass is 32.1. The van der Waals surface area contributed by atoms with Crippen molar-refractivity contribution in [3.8, 4) is 10.6 Å². The van der Waals surface area contributed by atoms with Crippen molar-refractivity contribution in [1.82, 2.24) is 14.9 Å². The van der Waals surface area contributed by atoms with Crippen LogP contribution < -0.4 is 0 Å². The van der Waals surface area contributed by atoms with Gasteiger partial charge in [-0.25, -0.2) is 4.98 Å². The molecule has 1 amide bonds. The molecule has 0 fully saturated rings. The van der Waals surface area contributed by atoms with Crippen molar-refractivity contribution >= 4 is 17.2 Å². The number of pyridine rings is 1. The summed E-state index contributed by atoms with van der Waals surface area (Å²) in [6, 6.07) is 4.12. The Balaban J connectivity index is 2.05. The van der Waals surface area contributed by atoms with Gasteiger partial charge < -0.3 is 4.90 Å². The van der Waals surface area contributed by atoms with Gasteiger partial charge in [0.05, 0.1) is 12.1 Å². The molecule has 0 saturated heterocycles. The number of amides is 1. The van der Waals surface area contributed by atoms with Gasteiger partial charge in [-0.2, -0.15) is 0 Å². The summed E-state index contributed by atoms with van der Waals surface area (Å²) < 4.78 is 0. The molecule has 0 aliphatic carbocycles. The zero-order chi connectivity index (χ0) is 14.5. The largest absolute Gasteiger partial charge is 0.343 e. The van der Waals surface area contributed by atoms with E-state index in [4.69, 9.17) is 0 Å². The van der Waals surface area contributed by atoms with E-state index in [0.29, 0.717) is 6.42 Å². The fourth-order valence-electron chi connectivity index (χ4n) is 1.81. The fourth-order valence-corrected chi connectivity index (χ4v) is 2.62. The van der Waals surface area contributed by atoms with Crippen LogP contribution in [0.2, 0.25) is 0 Å². The second-order valence-electron chi connectivity index (χ2n) is 4.82. The Morgan fingerprint density at radius 2 is 2.30 bits per heavy atom. The minimum Gasteiger partial charge on any atom is -0.343 e. The molecule has 2 heterocycles. The Morgan fingerprint density at radius 1 is 1.50 bits per heavy atom. The maximum atomic E-state index is 12.1. The van der Waals surface area contributed by atoms with E-state index in [1.54, 1.807) is 28.6 Å². The number of thiazole rings is 1. The minimum absolute atomic E-state index is 0.113. The lowest BCUT2D eigenvalue weighted by atomic mass is 10.2. The van der Waals surface area contributed by atoms with E-state index in [-0.39, 0.29) is 11.9 Å². The predicted molar refractivity (Wildman–Crippen MR) is 81.6 cm³/mol. The summed E-state index contributed by atoms with van der Waals surface area (Å²) in [6.07, 6.45) is 4.84. The maximum Gasteiger partial charge on any atom is 0.228 e. The molecule has 0 aliphatic rings. The second kappa shape index (κ2) is 6.61. The number of nitrogens with zero attached hydrogens (tertiary/aromatic N) is 3. The van der Waals surface area contributed by atoms with Gasteiger partial charge in [0.25, 0.3) is 0 Å². The zero-order valence-electron chi connectivity index (χ0n) is 12.0. The third-order valence-electron chi connectivity index (χ3n) is 3.44. The molecule has 0 spiro atoms. The molecular formula is C15H19N3OS. The summed E-state index contributed by atoms with van der Waals surface area (Å²) >= 11 is 1.55. The average molecular weight is 289 g/mol. The molecule has 0 aromatic carbocycles. The first-order chi connectivity index (χ1) is 9.61. The molecule has 0 bridgehead atoms. The van der Waals surface area contributed by atoms with Crippen LogP contribution in [0.4, 0.5) is 0 Å². The van der Waals surface area contributed by atoms with Crippen LogP contribution in [0.15, 0.2) is 29.9 Å². The Kier molecular flexibility index (Phi) is 4.84. The Morgan fingerprint density at radius 3 is 2.95 bits per heavy atom. The third kappa shape index (κ3) is 3.42. The Bertz CT molecular complexity index is 568. The van der Waals surface area contributed by atoms with E-state index in [2.05, 4.69) is 23.8 Å². The van der Waals surface area contributed by atoms with Gasteiger partial charge in [0.15, 0.2) is 0 Å². The minimum atomic E-state index is 0.113. The van der Waals surface area contributed by atoms with Crippen molar-refractivity contribution in [2.45, 2.75) is 32.7 Å². The Hall–Kier alpha value is -1.75.